The second kappa shape index (κ2) is 8.14. The molecule has 0 radical (unpaired) electrons. The Morgan fingerprint density at radius 1 is 1.46 bits per heavy atom. The molecule has 0 aromatic carbocycles. The van der Waals surface area contributed by atoms with Crippen LogP contribution in [0.5, 0.6) is 0 Å². The van der Waals surface area contributed by atoms with E-state index in [9.17, 15) is 23.1 Å². The van der Waals surface area contributed by atoms with Crippen LogP contribution in [0.25, 0.3) is 0 Å². The monoisotopic (exact) mass is 432 g/mol. The molecule has 3 rings (SSSR count). The van der Waals surface area contributed by atoms with Gasteiger partial charge in [0.1, 0.15) is 5.70 Å². The molecule has 1 unspecified atom stereocenters. The number of nitrogens with zero attached hydrogens (tertiary/aromatic N) is 5. The third kappa shape index (κ3) is 4.41. The second-order valence-electron chi connectivity index (χ2n) is 5.12. The van der Waals surface area contributed by atoms with Gasteiger partial charge >= 0.3 is 35.5 Å². The van der Waals surface area contributed by atoms with Crippen LogP contribution in [0, 0.1) is 0 Å². The van der Waals surface area contributed by atoms with Gasteiger partial charge in [0.2, 0.25) is 11.1 Å². The summed E-state index contributed by atoms with van der Waals surface area (Å²) in [6, 6.07) is 0. The molecule has 0 spiro atoms. The van der Waals surface area contributed by atoms with E-state index in [0.717, 1.165) is 16.4 Å². The van der Waals surface area contributed by atoms with E-state index >= 15 is 0 Å². The Morgan fingerprint density at radius 3 is 2.73 bits per heavy atom. The number of thioether (sulfide) groups is 2. The van der Waals surface area contributed by atoms with Crippen LogP contribution >= 0.6 is 23.5 Å². The van der Waals surface area contributed by atoms with Crippen LogP contribution in [0.3, 0.4) is 0 Å². The summed E-state index contributed by atoms with van der Waals surface area (Å²) in [4.78, 5) is 24.5. The molecular weight excluding hydrogens is 419 g/mol. The minimum atomic E-state index is -4.34. The Kier molecular flexibility index (Phi) is 6.76. The molecule has 16 heteroatoms. The van der Waals surface area contributed by atoms with Gasteiger partial charge in [0.05, 0.1) is 17.2 Å². The van der Waals surface area contributed by atoms with Crippen molar-refractivity contribution in [3.05, 3.63) is 11.3 Å². The predicted octanol–water partition coefficient (Wildman–Crippen LogP) is -2.11. The Bertz CT molecular complexity index is 872. The maximum atomic E-state index is 11.7. The first-order chi connectivity index (χ1) is 11.7. The molecule has 4 N–H and O–H groups in total. The van der Waals surface area contributed by atoms with Crippen molar-refractivity contribution in [2.24, 2.45) is 5.73 Å². The van der Waals surface area contributed by atoms with Gasteiger partial charge in [-0.05, 0) is 16.0 Å². The number of amides is 1. The van der Waals surface area contributed by atoms with Crippen LogP contribution < -0.4 is 5.73 Å². The quantitative estimate of drug-likeness (QED) is 0.193. The maximum absolute atomic E-state index is 11.7. The van der Waals surface area contributed by atoms with Crippen molar-refractivity contribution in [2.75, 3.05) is 5.75 Å². The molecule has 1 fully saturated rings. The summed E-state index contributed by atoms with van der Waals surface area (Å²) in [5.41, 5.74) is 6.17. The topological polar surface area (TPSA) is 182 Å². The van der Waals surface area contributed by atoms with Crippen molar-refractivity contribution in [1.82, 2.24) is 25.1 Å². The number of rotatable bonds is 6. The average molecular weight is 432 g/mol. The fourth-order valence-electron chi connectivity index (χ4n) is 2.37. The first-order valence-electron chi connectivity index (χ1n) is 6.71. The number of aromatic nitrogens is 4. The summed E-state index contributed by atoms with van der Waals surface area (Å²) in [5.74, 6) is -2.35. The fourth-order valence-corrected chi connectivity index (χ4v) is 5.27. The van der Waals surface area contributed by atoms with Crippen molar-refractivity contribution in [3.63, 3.8) is 0 Å². The SMILES string of the molecule is NC1S[C@@H]2CC(=O)N2C(C(=O)O)=C1CSc1nnnn1CS(=O)(=O)O.[NaH]. The molecule has 26 heavy (non-hydrogen) atoms. The van der Waals surface area contributed by atoms with Gasteiger partial charge in [0, 0.05) is 5.75 Å². The summed E-state index contributed by atoms with van der Waals surface area (Å²) in [7, 11) is -4.34. The van der Waals surface area contributed by atoms with Crippen molar-refractivity contribution in [3.8, 4) is 0 Å². The molecule has 1 aromatic rings. The zero-order chi connectivity index (χ0) is 18.4. The Morgan fingerprint density at radius 2 is 2.15 bits per heavy atom. The first-order valence-corrected chi connectivity index (χ1v) is 10.2. The van der Waals surface area contributed by atoms with Gasteiger partial charge in [-0.1, -0.05) is 11.8 Å². The van der Waals surface area contributed by atoms with Crippen LogP contribution in [0.15, 0.2) is 16.4 Å². The number of β-lactam (4-membered cyclic amide) rings is 1. The molecule has 2 aliphatic rings. The molecule has 0 saturated carbocycles. The van der Waals surface area contributed by atoms with Gasteiger partial charge in [0.15, 0.2) is 5.88 Å². The number of hydrogen-bond donors (Lipinski definition) is 3. The second-order valence-corrected chi connectivity index (χ2v) is 8.81. The molecular formula is C10H13N6NaO6S3. The Hall–Kier alpha value is -0.680. The Labute approximate surface area is 178 Å². The van der Waals surface area contributed by atoms with Gasteiger partial charge in [0.25, 0.3) is 10.1 Å². The van der Waals surface area contributed by atoms with Crippen LogP contribution in [0.4, 0.5) is 0 Å². The van der Waals surface area contributed by atoms with Gasteiger partial charge in [-0.15, -0.1) is 16.9 Å². The summed E-state index contributed by atoms with van der Waals surface area (Å²) >= 11 is 2.23. The zero-order valence-corrected chi connectivity index (χ0v) is 14.8. The molecule has 2 atom stereocenters. The molecule has 0 bridgehead atoms. The van der Waals surface area contributed by atoms with E-state index in [1.54, 1.807) is 0 Å². The standard InChI is InChI=1S/C10H12N6O6S3.Na.H/c11-8-4(7(9(18)19)16-5(17)1-6(16)24-8)2-23-10-12-13-14-15(10)3-25(20,21)22;;/h6,8H,1-3,11H2,(H,18,19)(H,20,21,22);;/t6-,8?;;/m1../s1. The van der Waals surface area contributed by atoms with Gasteiger partial charge in [-0.25, -0.2) is 9.48 Å². The van der Waals surface area contributed by atoms with Crippen LogP contribution in [0.1, 0.15) is 6.42 Å². The van der Waals surface area contributed by atoms with Gasteiger partial charge in [-0.2, -0.15) is 8.42 Å². The average Bonchev–Trinajstić information content (AvgIpc) is 2.90. The molecule has 0 aliphatic carbocycles. The van der Waals surface area contributed by atoms with Crippen LogP contribution in [0.2, 0.25) is 0 Å². The number of carboxylic acids is 1. The van der Waals surface area contributed by atoms with E-state index < -0.39 is 27.3 Å². The first kappa shape index (κ1) is 21.6. The summed E-state index contributed by atoms with van der Waals surface area (Å²) in [6.45, 7) is 0. The number of fused-ring (bicyclic) bond motifs is 1. The molecule has 1 amide bonds. The summed E-state index contributed by atoms with van der Waals surface area (Å²) < 4.78 is 31.6. The predicted molar refractivity (Wildman–Crippen MR) is 92.7 cm³/mol. The normalized spacial score (nSPS) is 22.5. The van der Waals surface area contributed by atoms with Crippen molar-refractivity contribution >= 4 is 75.1 Å². The van der Waals surface area contributed by atoms with E-state index in [-0.39, 0.29) is 63.9 Å². The molecule has 1 aromatic heterocycles. The molecule has 12 nitrogen and oxygen atoms in total. The fraction of sp³-hybridized carbons (Fsp3) is 0.500. The molecule has 138 valence electrons. The zero-order valence-electron chi connectivity index (χ0n) is 12.3. The number of nitrogens with two attached hydrogens (primary N) is 1. The van der Waals surface area contributed by atoms with E-state index in [1.807, 2.05) is 0 Å². The molecule has 3 heterocycles. The van der Waals surface area contributed by atoms with Crippen molar-refractivity contribution in [2.45, 2.75) is 28.2 Å². The third-order valence-electron chi connectivity index (χ3n) is 3.44. The number of aliphatic carboxylic acids is 1. The molecule has 2 aliphatic heterocycles. The van der Waals surface area contributed by atoms with Crippen LogP contribution in [-0.4, -0.2) is 101 Å². The van der Waals surface area contributed by atoms with Crippen molar-refractivity contribution < 1.29 is 27.7 Å². The van der Waals surface area contributed by atoms with Gasteiger partial charge in [-0.3, -0.25) is 14.2 Å². The minimum absolute atomic E-state index is 0. The van der Waals surface area contributed by atoms with Gasteiger partial charge < -0.3 is 10.8 Å². The van der Waals surface area contributed by atoms with E-state index in [0.29, 0.717) is 5.57 Å². The summed E-state index contributed by atoms with van der Waals surface area (Å²) in [5, 5.41) is 19.0. The van der Waals surface area contributed by atoms with Crippen molar-refractivity contribution in [1.29, 1.82) is 0 Å². The number of carbonyl (C=O) groups is 2. The summed E-state index contributed by atoms with van der Waals surface area (Å²) in [6.07, 6.45) is 0.238. The van der Waals surface area contributed by atoms with E-state index in [4.69, 9.17) is 10.3 Å². The van der Waals surface area contributed by atoms with E-state index in [1.165, 1.54) is 16.7 Å². The third-order valence-corrected chi connectivity index (χ3v) is 6.29. The van der Waals surface area contributed by atoms with E-state index in [2.05, 4.69) is 15.5 Å². The Balaban J connectivity index is 0.00000243. The number of carbonyl (C=O) groups excluding carboxylic acids is 1. The number of hydrogen-bond acceptors (Lipinski definition) is 10. The number of tetrazole rings is 1. The number of carboxylic acid groups (broad SMARTS) is 1. The van der Waals surface area contributed by atoms with Crippen LogP contribution in [-0.2, 0) is 25.6 Å². The molecule has 1 saturated heterocycles.